The molecule has 0 radical (unpaired) electrons. The van der Waals surface area contributed by atoms with Crippen molar-refractivity contribution < 1.29 is 18.0 Å². The number of aromatic nitrogens is 1. The number of hydrogen-bond donors (Lipinski definition) is 0. The molecule has 2 heterocycles. The second kappa shape index (κ2) is 5.35. The van der Waals surface area contributed by atoms with E-state index in [1.54, 1.807) is 20.8 Å². The van der Waals surface area contributed by atoms with Crippen LogP contribution in [0.3, 0.4) is 0 Å². The molecule has 1 aromatic rings. The molecule has 1 aromatic heterocycles. The van der Waals surface area contributed by atoms with Crippen molar-refractivity contribution in [2.75, 3.05) is 11.4 Å². The van der Waals surface area contributed by atoms with Gasteiger partial charge in [0.2, 0.25) is 0 Å². The molecule has 0 spiro atoms. The van der Waals surface area contributed by atoms with Crippen LogP contribution in [0.15, 0.2) is 0 Å². The molecule has 1 saturated heterocycles. The second-order valence-corrected chi connectivity index (χ2v) is 6.49. The summed E-state index contributed by atoms with van der Waals surface area (Å²) in [6.07, 6.45) is -3.66. The minimum Gasteiger partial charge on any atom is -0.336 e. The quantitative estimate of drug-likeness (QED) is 0.796. The van der Waals surface area contributed by atoms with Gasteiger partial charge in [-0.05, 0) is 19.8 Å². The molecule has 3 nitrogen and oxygen atoms in total. The molecule has 0 N–H and O–H groups in total. The van der Waals surface area contributed by atoms with Gasteiger partial charge in [0.05, 0.1) is 0 Å². The SMILES string of the molecule is Cc1sc(N2CCC[C@@H]2C(F)(F)F)nc1C(=O)C(C)C. The van der Waals surface area contributed by atoms with Gasteiger partial charge in [0, 0.05) is 17.3 Å². The minimum absolute atomic E-state index is 0.0928. The van der Waals surface area contributed by atoms with Crippen molar-refractivity contribution in [1.29, 1.82) is 0 Å². The molecular weight excluding hydrogens is 289 g/mol. The van der Waals surface area contributed by atoms with Crippen LogP contribution in [-0.2, 0) is 0 Å². The number of carbonyl (C=O) groups is 1. The van der Waals surface area contributed by atoms with Gasteiger partial charge in [-0.25, -0.2) is 4.98 Å². The van der Waals surface area contributed by atoms with Gasteiger partial charge in [0.25, 0.3) is 0 Å². The number of rotatable bonds is 3. The van der Waals surface area contributed by atoms with Crippen LogP contribution in [-0.4, -0.2) is 29.5 Å². The number of Topliss-reactive ketones (excluding diaryl/α,β-unsaturated/α-hetero) is 1. The lowest BCUT2D eigenvalue weighted by atomic mass is 10.1. The van der Waals surface area contributed by atoms with E-state index in [1.807, 2.05) is 0 Å². The first-order valence-electron chi connectivity index (χ1n) is 6.56. The number of aryl methyl sites for hydroxylation is 1. The maximum Gasteiger partial charge on any atom is 0.408 e. The fourth-order valence-electron chi connectivity index (χ4n) is 2.34. The van der Waals surface area contributed by atoms with Gasteiger partial charge in [-0.2, -0.15) is 13.2 Å². The van der Waals surface area contributed by atoms with Gasteiger partial charge in [0.15, 0.2) is 10.9 Å². The molecule has 0 amide bonds. The molecule has 1 aliphatic heterocycles. The lowest BCUT2D eigenvalue weighted by Crippen LogP contribution is -2.41. The summed E-state index contributed by atoms with van der Waals surface area (Å²) < 4.78 is 38.9. The van der Waals surface area contributed by atoms with Gasteiger partial charge in [-0.15, -0.1) is 11.3 Å². The average Bonchev–Trinajstić information content (AvgIpc) is 2.92. The molecule has 0 saturated carbocycles. The van der Waals surface area contributed by atoms with Crippen LogP contribution in [0.25, 0.3) is 0 Å². The zero-order valence-corrected chi connectivity index (χ0v) is 12.4. The predicted octanol–water partition coefficient (Wildman–Crippen LogP) is 3.82. The summed E-state index contributed by atoms with van der Waals surface area (Å²) in [4.78, 5) is 18.1. The smallest absolute Gasteiger partial charge is 0.336 e. The summed E-state index contributed by atoms with van der Waals surface area (Å²) >= 11 is 1.17. The largest absolute Gasteiger partial charge is 0.408 e. The van der Waals surface area contributed by atoms with E-state index < -0.39 is 12.2 Å². The van der Waals surface area contributed by atoms with Crippen LogP contribution in [0.4, 0.5) is 18.3 Å². The van der Waals surface area contributed by atoms with E-state index in [0.717, 1.165) is 0 Å². The summed E-state index contributed by atoms with van der Waals surface area (Å²) in [5, 5.41) is 0.311. The summed E-state index contributed by atoms with van der Waals surface area (Å²) in [7, 11) is 0. The molecule has 0 aromatic carbocycles. The van der Waals surface area contributed by atoms with Crippen LogP contribution in [0.2, 0.25) is 0 Å². The molecule has 1 atom stereocenters. The maximum absolute atomic E-state index is 13.0. The highest BCUT2D eigenvalue weighted by Crippen LogP contribution is 2.38. The van der Waals surface area contributed by atoms with E-state index in [-0.39, 0.29) is 18.1 Å². The van der Waals surface area contributed by atoms with E-state index >= 15 is 0 Å². The molecule has 1 aliphatic rings. The lowest BCUT2D eigenvalue weighted by Gasteiger charge is -2.25. The normalized spacial score (nSPS) is 19.9. The number of halogens is 3. The summed E-state index contributed by atoms with van der Waals surface area (Å²) in [6.45, 7) is 5.59. The third-order valence-corrected chi connectivity index (χ3v) is 4.43. The molecule has 20 heavy (non-hydrogen) atoms. The zero-order chi connectivity index (χ0) is 15.1. The molecule has 112 valence electrons. The van der Waals surface area contributed by atoms with Crippen molar-refractivity contribution in [2.24, 2.45) is 5.92 Å². The van der Waals surface area contributed by atoms with Crippen molar-refractivity contribution in [3.05, 3.63) is 10.6 Å². The van der Waals surface area contributed by atoms with Gasteiger partial charge in [-0.1, -0.05) is 13.8 Å². The molecular formula is C13H17F3N2OS. The van der Waals surface area contributed by atoms with Crippen molar-refractivity contribution in [1.82, 2.24) is 4.98 Å². The first-order valence-corrected chi connectivity index (χ1v) is 7.38. The van der Waals surface area contributed by atoms with E-state index in [4.69, 9.17) is 0 Å². The standard InChI is InChI=1S/C13H17F3N2OS/c1-7(2)11(19)10-8(3)20-12(17-10)18-6-4-5-9(18)13(14,15)16/h7,9H,4-6H2,1-3H3/t9-/m1/s1. The number of ketones is 1. The Morgan fingerprint density at radius 2 is 2.10 bits per heavy atom. The average molecular weight is 306 g/mol. The van der Waals surface area contributed by atoms with E-state index in [0.29, 0.717) is 28.7 Å². The topological polar surface area (TPSA) is 33.2 Å². The Labute approximate surface area is 119 Å². The van der Waals surface area contributed by atoms with Crippen LogP contribution < -0.4 is 4.90 Å². The van der Waals surface area contributed by atoms with Crippen molar-refractivity contribution >= 4 is 22.3 Å². The fourth-order valence-corrected chi connectivity index (χ4v) is 3.33. The van der Waals surface area contributed by atoms with E-state index in [9.17, 15) is 18.0 Å². The monoisotopic (exact) mass is 306 g/mol. The third-order valence-electron chi connectivity index (χ3n) is 3.42. The Morgan fingerprint density at radius 3 is 2.65 bits per heavy atom. The molecule has 1 fully saturated rings. The molecule has 2 rings (SSSR count). The van der Waals surface area contributed by atoms with Gasteiger partial charge < -0.3 is 4.90 Å². The zero-order valence-electron chi connectivity index (χ0n) is 11.6. The number of hydrogen-bond acceptors (Lipinski definition) is 4. The number of anilines is 1. The number of carbonyl (C=O) groups excluding carboxylic acids is 1. The van der Waals surface area contributed by atoms with Gasteiger partial charge in [-0.3, -0.25) is 4.79 Å². The minimum atomic E-state index is -4.25. The Kier molecular flexibility index (Phi) is 4.09. The van der Waals surface area contributed by atoms with E-state index in [2.05, 4.69) is 4.98 Å². The Bertz CT molecular complexity index is 510. The van der Waals surface area contributed by atoms with Crippen LogP contribution >= 0.6 is 11.3 Å². The Morgan fingerprint density at radius 1 is 1.45 bits per heavy atom. The second-order valence-electron chi connectivity index (χ2n) is 5.31. The Hall–Kier alpha value is -1.11. The van der Waals surface area contributed by atoms with Crippen molar-refractivity contribution in [2.45, 2.75) is 45.8 Å². The predicted molar refractivity (Wildman–Crippen MR) is 72.4 cm³/mol. The molecule has 0 unspecified atom stereocenters. The lowest BCUT2D eigenvalue weighted by molar-refractivity contribution is -0.145. The van der Waals surface area contributed by atoms with Crippen molar-refractivity contribution in [3.8, 4) is 0 Å². The third kappa shape index (κ3) is 2.82. The molecule has 7 heteroatoms. The number of thiazole rings is 1. The summed E-state index contributed by atoms with van der Waals surface area (Å²) in [6, 6.07) is -1.48. The highest BCUT2D eigenvalue weighted by Gasteiger charge is 2.47. The Balaban J connectivity index is 2.30. The first-order chi connectivity index (χ1) is 9.21. The number of alkyl halides is 3. The van der Waals surface area contributed by atoms with Crippen LogP contribution in [0.5, 0.6) is 0 Å². The first kappa shape index (κ1) is 15.3. The van der Waals surface area contributed by atoms with Gasteiger partial charge in [0.1, 0.15) is 11.7 Å². The maximum atomic E-state index is 13.0. The van der Waals surface area contributed by atoms with Gasteiger partial charge >= 0.3 is 6.18 Å². The van der Waals surface area contributed by atoms with Crippen LogP contribution in [0.1, 0.15) is 42.1 Å². The summed E-state index contributed by atoms with van der Waals surface area (Å²) in [5.41, 5.74) is 0.313. The van der Waals surface area contributed by atoms with E-state index in [1.165, 1.54) is 16.2 Å². The highest BCUT2D eigenvalue weighted by atomic mass is 32.1. The number of nitrogens with zero attached hydrogens (tertiary/aromatic N) is 2. The fraction of sp³-hybridized carbons (Fsp3) is 0.692. The summed E-state index contributed by atoms with van der Waals surface area (Å²) in [5.74, 6) is -0.326. The highest BCUT2D eigenvalue weighted by molar-refractivity contribution is 7.15. The molecule has 0 aliphatic carbocycles. The van der Waals surface area contributed by atoms with Crippen molar-refractivity contribution in [3.63, 3.8) is 0 Å². The van der Waals surface area contributed by atoms with Crippen LogP contribution in [0, 0.1) is 12.8 Å². The molecule has 0 bridgehead atoms.